The topological polar surface area (TPSA) is 0 Å². The summed E-state index contributed by atoms with van der Waals surface area (Å²) in [6, 6.07) is 51.8. The molecule has 36 heavy (non-hydrogen) atoms. The zero-order valence-electron chi connectivity index (χ0n) is 20.0. The third-order valence-corrected chi connectivity index (χ3v) is 6.68. The van der Waals surface area contributed by atoms with Crippen LogP contribution in [0, 0.1) is 0 Å². The molecule has 0 amide bonds. The lowest BCUT2D eigenvalue weighted by molar-refractivity contribution is 1.54. The molecule has 0 fully saturated rings. The molecule has 0 heteroatoms. The standard InChI is InChI=1S/C36H26/c1-5-15-27(16-6-1)33-25-31-23-13-14-24-32(31)26-34(28-17-7-2-8-18-28)36(30-21-11-4-12-22-30)35(33)29-19-9-3-10-20-29/h1-26H/b31-25?,32-26?,33-25-,34-26?,35-33?,36-34?,36-35-. The van der Waals surface area contributed by atoms with Gasteiger partial charge in [0, 0.05) is 0 Å². The second-order valence-corrected chi connectivity index (χ2v) is 8.96. The van der Waals surface area contributed by atoms with E-state index in [0.717, 1.165) is 0 Å². The largest absolute Gasteiger partial charge is 0.0622 e. The quantitative estimate of drug-likeness (QED) is 0.252. The van der Waals surface area contributed by atoms with Gasteiger partial charge in [0.05, 0.1) is 0 Å². The van der Waals surface area contributed by atoms with E-state index < -0.39 is 0 Å². The van der Waals surface area contributed by atoms with Gasteiger partial charge in [0.2, 0.25) is 0 Å². The van der Waals surface area contributed by atoms with Crippen molar-refractivity contribution in [3.8, 4) is 0 Å². The minimum absolute atomic E-state index is 1.20. The second-order valence-electron chi connectivity index (χ2n) is 8.96. The fraction of sp³-hybridized carbons (Fsp3) is 0. The molecule has 0 nitrogen and oxygen atoms in total. The third-order valence-electron chi connectivity index (χ3n) is 6.68. The molecule has 0 N–H and O–H groups in total. The molecule has 0 unspecified atom stereocenters. The van der Waals surface area contributed by atoms with E-state index in [9.17, 15) is 0 Å². The molecule has 0 saturated heterocycles. The van der Waals surface area contributed by atoms with Crippen LogP contribution in [0.1, 0.15) is 33.4 Å². The molecule has 0 spiro atoms. The van der Waals surface area contributed by atoms with Gasteiger partial charge in [-0.25, -0.2) is 0 Å². The van der Waals surface area contributed by atoms with Crippen molar-refractivity contribution in [2.75, 3.05) is 0 Å². The molecule has 1 aliphatic rings. The van der Waals surface area contributed by atoms with E-state index in [4.69, 9.17) is 0 Å². The number of fused-ring (bicyclic) bond motifs is 1. The highest BCUT2D eigenvalue weighted by molar-refractivity contribution is 6.30. The van der Waals surface area contributed by atoms with Crippen molar-refractivity contribution >= 4 is 34.4 Å². The fourth-order valence-electron chi connectivity index (χ4n) is 5.00. The minimum atomic E-state index is 1.20. The van der Waals surface area contributed by atoms with E-state index >= 15 is 0 Å². The van der Waals surface area contributed by atoms with E-state index in [0.29, 0.717) is 0 Å². The maximum atomic E-state index is 2.36. The van der Waals surface area contributed by atoms with Gasteiger partial charge in [-0.3, -0.25) is 0 Å². The number of hydrogen-bond acceptors (Lipinski definition) is 0. The molecule has 0 heterocycles. The normalized spacial score (nSPS) is 16.7. The third kappa shape index (κ3) is 4.26. The van der Waals surface area contributed by atoms with Gasteiger partial charge in [-0.15, -0.1) is 0 Å². The number of allylic oxidation sites excluding steroid dienone is 4. The van der Waals surface area contributed by atoms with Gasteiger partial charge in [-0.2, -0.15) is 0 Å². The Bertz CT molecular complexity index is 1450. The van der Waals surface area contributed by atoms with Crippen molar-refractivity contribution in [3.63, 3.8) is 0 Å². The first-order valence-electron chi connectivity index (χ1n) is 12.4. The van der Waals surface area contributed by atoms with E-state index in [1.807, 2.05) is 0 Å². The van der Waals surface area contributed by atoms with Gasteiger partial charge in [0.15, 0.2) is 0 Å². The summed E-state index contributed by atoms with van der Waals surface area (Å²) in [5.74, 6) is 0. The highest BCUT2D eigenvalue weighted by Crippen LogP contribution is 2.46. The summed E-state index contributed by atoms with van der Waals surface area (Å²) in [6.45, 7) is 0. The first kappa shape index (κ1) is 21.8. The van der Waals surface area contributed by atoms with Crippen LogP contribution < -0.4 is 0 Å². The molecule has 0 saturated carbocycles. The molecular weight excluding hydrogens is 432 g/mol. The van der Waals surface area contributed by atoms with Gasteiger partial charge >= 0.3 is 0 Å². The highest BCUT2D eigenvalue weighted by atomic mass is 14.3. The number of benzene rings is 5. The molecule has 0 aliphatic heterocycles. The molecular formula is C36H26. The molecule has 0 atom stereocenters. The van der Waals surface area contributed by atoms with Crippen molar-refractivity contribution in [1.29, 1.82) is 0 Å². The van der Waals surface area contributed by atoms with Gasteiger partial charge in [0.25, 0.3) is 0 Å². The summed E-state index contributed by atoms with van der Waals surface area (Å²) in [7, 11) is 0. The summed E-state index contributed by atoms with van der Waals surface area (Å²) in [6.07, 6.45) is 4.71. The summed E-state index contributed by atoms with van der Waals surface area (Å²) in [5, 5.41) is 0. The van der Waals surface area contributed by atoms with Crippen molar-refractivity contribution in [1.82, 2.24) is 0 Å². The molecule has 0 bridgehead atoms. The highest BCUT2D eigenvalue weighted by Gasteiger charge is 2.23. The molecule has 1 aliphatic carbocycles. The monoisotopic (exact) mass is 458 g/mol. The van der Waals surface area contributed by atoms with Gasteiger partial charge < -0.3 is 0 Å². The van der Waals surface area contributed by atoms with Crippen LogP contribution in [-0.4, -0.2) is 0 Å². The van der Waals surface area contributed by atoms with Crippen LogP contribution in [-0.2, 0) is 0 Å². The van der Waals surface area contributed by atoms with Crippen LogP contribution in [0.25, 0.3) is 34.4 Å². The Morgan fingerprint density at radius 3 is 0.861 bits per heavy atom. The molecule has 5 aromatic carbocycles. The van der Waals surface area contributed by atoms with Crippen molar-refractivity contribution in [3.05, 3.63) is 179 Å². The summed E-state index contributed by atoms with van der Waals surface area (Å²) >= 11 is 0. The smallest absolute Gasteiger partial charge is 0.00204 e. The first-order chi connectivity index (χ1) is 17.9. The van der Waals surface area contributed by atoms with Crippen molar-refractivity contribution < 1.29 is 0 Å². The zero-order chi connectivity index (χ0) is 24.2. The first-order valence-corrected chi connectivity index (χ1v) is 12.4. The summed E-state index contributed by atoms with van der Waals surface area (Å²) in [4.78, 5) is 0. The molecule has 0 radical (unpaired) electrons. The van der Waals surface area contributed by atoms with Crippen molar-refractivity contribution in [2.24, 2.45) is 0 Å². The van der Waals surface area contributed by atoms with Crippen LogP contribution in [0.3, 0.4) is 0 Å². The van der Waals surface area contributed by atoms with Crippen LogP contribution in [0.2, 0.25) is 0 Å². The molecule has 0 aromatic heterocycles. The molecule has 5 aromatic rings. The molecule has 170 valence electrons. The maximum absolute atomic E-state index is 2.36. The fourth-order valence-corrected chi connectivity index (χ4v) is 5.00. The SMILES string of the molecule is C1=C(c2ccccc2)/C(c2ccccc2)=C(c2ccccc2)\C(c2ccccc2)=C/c2ccccc21. The van der Waals surface area contributed by atoms with E-state index in [2.05, 4.69) is 158 Å². The lowest BCUT2D eigenvalue weighted by atomic mass is 9.78. The van der Waals surface area contributed by atoms with E-state index in [1.54, 1.807) is 0 Å². The van der Waals surface area contributed by atoms with Crippen LogP contribution in [0.15, 0.2) is 146 Å². The predicted molar refractivity (Wildman–Crippen MR) is 155 cm³/mol. The Kier molecular flexibility index (Phi) is 6.00. The van der Waals surface area contributed by atoms with Gasteiger partial charge in [-0.05, 0) is 67.8 Å². The van der Waals surface area contributed by atoms with Gasteiger partial charge in [-0.1, -0.05) is 146 Å². The Hall–Kier alpha value is -4.68. The van der Waals surface area contributed by atoms with Crippen molar-refractivity contribution in [2.45, 2.75) is 0 Å². The second kappa shape index (κ2) is 9.90. The zero-order valence-corrected chi connectivity index (χ0v) is 20.0. The van der Waals surface area contributed by atoms with E-state index in [-0.39, 0.29) is 0 Å². The lowest BCUT2D eigenvalue weighted by Gasteiger charge is -2.25. The lowest BCUT2D eigenvalue weighted by Crippen LogP contribution is -2.02. The number of hydrogen-bond donors (Lipinski definition) is 0. The Balaban J connectivity index is 1.81. The average Bonchev–Trinajstić information content (AvgIpc) is 2.95. The summed E-state index contributed by atoms with van der Waals surface area (Å²) < 4.78 is 0. The van der Waals surface area contributed by atoms with E-state index in [1.165, 1.54) is 55.7 Å². The predicted octanol–water partition coefficient (Wildman–Crippen LogP) is 9.39. The molecule has 6 rings (SSSR count). The average molecular weight is 459 g/mol. The summed E-state index contributed by atoms with van der Waals surface area (Å²) in [5.41, 5.74) is 12.1. The van der Waals surface area contributed by atoms with Gasteiger partial charge in [0.1, 0.15) is 0 Å². The Labute approximate surface area is 213 Å². The van der Waals surface area contributed by atoms with Crippen LogP contribution >= 0.6 is 0 Å². The number of rotatable bonds is 4. The van der Waals surface area contributed by atoms with Crippen LogP contribution in [0.5, 0.6) is 0 Å². The Morgan fingerprint density at radius 1 is 0.250 bits per heavy atom. The maximum Gasteiger partial charge on any atom is -0.00204 e. The van der Waals surface area contributed by atoms with Crippen LogP contribution in [0.4, 0.5) is 0 Å². The Morgan fingerprint density at radius 2 is 0.528 bits per heavy atom. The minimum Gasteiger partial charge on any atom is -0.0622 e.